The van der Waals surface area contributed by atoms with Crippen LogP contribution in [0.4, 0.5) is 0 Å². The van der Waals surface area contributed by atoms with Crippen molar-refractivity contribution < 1.29 is 4.42 Å². The Morgan fingerprint density at radius 2 is 0.915 bits per heavy atom. The van der Waals surface area contributed by atoms with Crippen LogP contribution in [0.5, 0.6) is 0 Å². The van der Waals surface area contributed by atoms with E-state index in [1.165, 1.54) is 76.0 Å². The second-order valence-electron chi connectivity index (χ2n) is 16.6. The highest BCUT2D eigenvalue weighted by Gasteiger charge is 2.21. The van der Waals surface area contributed by atoms with Gasteiger partial charge in [-0.15, -0.1) is 32.8 Å². The molecule has 0 aliphatic carbocycles. The van der Waals surface area contributed by atoms with E-state index in [4.69, 9.17) is 20.1 Å². The average molecular weight is 748 g/mol. The van der Waals surface area contributed by atoms with E-state index >= 15 is 0 Å². The van der Waals surface area contributed by atoms with Crippen LogP contribution < -0.4 is 60.4 Å². The van der Waals surface area contributed by atoms with Crippen molar-refractivity contribution >= 4 is 199 Å². The van der Waals surface area contributed by atoms with Crippen molar-refractivity contribution in [2.45, 2.75) is 6.54 Å². The number of hydrogen-bond acceptors (Lipinski definition) is 2. The number of hydrogen-bond donors (Lipinski definition) is 1. The van der Waals surface area contributed by atoms with Crippen molar-refractivity contribution in [1.29, 1.82) is 0 Å². The van der Waals surface area contributed by atoms with Crippen molar-refractivity contribution in [3.63, 3.8) is 0 Å². The largest absolute Gasteiger partial charge is 0.456 e. The zero-order valence-electron chi connectivity index (χ0n) is 35.9. The maximum absolute atomic E-state index is 7.09. The Morgan fingerprint density at radius 3 is 1.47 bits per heavy atom. The molecule has 2 N–H and O–H groups in total. The first-order chi connectivity index (χ1) is 28.4. The van der Waals surface area contributed by atoms with Gasteiger partial charge in [0.05, 0.1) is 6.54 Å². The molecule has 59 heavy (non-hydrogen) atoms. The normalized spacial score (nSPS) is 12.4. The van der Waals surface area contributed by atoms with E-state index in [0.29, 0.717) is 18.2 Å². The van der Waals surface area contributed by atoms with Crippen LogP contribution in [0.15, 0.2) is 118 Å². The van der Waals surface area contributed by atoms with Gasteiger partial charge in [0, 0.05) is 21.9 Å². The molecule has 0 amide bonds. The number of fused-ring (bicyclic) bond motifs is 9. The van der Waals surface area contributed by atoms with Gasteiger partial charge in [0.1, 0.15) is 95.5 Å². The molecule has 272 valence electrons. The summed E-state index contributed by atoms with van der Waals surface area (Å²) < 4.78 is 6.63. The summed E-state index contributed by atoms with van der Waals surface area (Å²) in [5.74, 6) is 1.14. The molecule has 1 heterocycles. The summed E-state index contributed by atoms with van der Waals surface area (Å²) in [7, 11) is 21.8. The molecular formula is C45H41B10N3O. The molecule has 4 nitrogen and oxygen atoms in total. The van der Waals surface area contributed by atoms with Gasteiger partial charge in [-0.05, 0) is 67.2 Å². The van der Waals surface area contributed by atoms with Gasteiger partial charge in [-0.1, -0.05) is 107 Å². The van der Waals surface area contributed by atoms with Crippen molar-refractivity contribution in [3.05, 3.63) is 120 Å². The first-order valence-electron chi connectivity index (χ1n) is 20.7. The number of benzene rings is 8. The molecule has 9 aromatic rings. The lowest BCUT2D eigenvalue weighted by atomic mass is 9.60. The Labute approximate surface area is 355 Å². The molecule has 0 bridgehead atoms. The number of furan rings is 1. The smallest absolute Gasteiger partial charge is 0.156 e. The molecule has 0 radical (unpaired) electrons. The third-order valence-corrected chi connectivity index (χ3v) is 13.8. The Hall–Kier alpha value is -5.87. The standard InChI is InChI=1S/C45H41B10N3O/c46-34-32(35(47)39(51)42(54)38(34)50)44(56)58-45(33-36(48)40(52)43(55)41(53)37(33)49)57-18-20-7-5-13-28-30(20)31-21(12-6-14-29(31)59-28)19-15-16-26-24-10-2-1-8-22(24)23-9-3-4-11-25(23)27(26)17-19/h1-17H,18,46-55H2,(H2,56,57,58). The Morgan fingerprint density at radius 1 is 0.458 bits per heavy atom. The minimum atomic E-state index is 0.398. The second-order valence-corrected chi connectivity index (χ2v) is 16.6. The highest BCUT2D eigenvalue weighted by atomic mass is 16.3. The molecule has 0 atom stereocenters. The van der Waals surface area contributed by atoms with Gasteiger partial charge in [0.15, 0.2) is 5.84 Å². The van der Waals surface area contributed by atoms with E-state index in [1.807, 2.05) is 0 Å². The van der Waals surface area contributed by atoms with Gasteiger partial charge >= 0.3 is 0 Å². The molecule has 0 saturated heterocycles. The van der Waals surface area contributed by atoms with Crippen molar-refractivity contribution in [2.75, 3.05) is 0 Å². The van der Waals surface area contributed by atoms with Gasteiger partial charge in [-0.3, -0.25) is 4.99 Å². The van der Waals surface area contributed by atoms with Gasteiger partial charge in [-0.2, -0.15) is 0 Å². The molecule has 0 saturated carbocycles. The fraction of sp³-hybridized carbons (Fsp3) is 0.0222. The number of nitrogens with zero attached hydrogens (tertiary/aromatic N) is 2. The second kappa shape index (κ2) is 14.7. The minimum absolute atomic E-state index is 0.398. The zero-order valence-corrected chi connectivity index (χ0v) is 35.9. The Balaban J connectivity index is 1.25. The molecule has 0 aliphatic rings. The highest BCUT2D eigenvalue weighted by molar-refractivity contribution is 6.70. The molecular weight excluding hydrogens is 707 g/mol. The van der Waals surface area contributed by atoms with Crippen LogP contribution in [0.25, 0.3) is 65.4 Å². The maximum atomic E-state index is 7.09. The van der Waals surface area contributed by atoms with Crippen molar-refractivity contribution in [3.8, 4) is 11.1 Å². The summed E-state index contributed by atoms with van der Waals surface area (Å²) in [6.07, 6.45) is 0. The highest BCUT2D eigenvalue weighted by Crippen LogP contribution is 2.41. The molecule has 8 aromatic carbocycles. The SMILES string of the molecule is Bc1c(B)c(B)c(/C(N)=N/C(=N\Cc2cccc3oc4cccc(-c5ccc6c7ccccc7c7ccccc7c6c5)c4c23)c2c(B)c(B)c(B)c(B)c2B)c(B)c1B. The van der Waals surface area contributed by atoms with E-state index in [1.54, 1.807) is 0 Å². The Kier molecular flexibility index (Phi) is 9.66. The van der Waals surface area contributed by atoms with Crippen LogP contribution in [-0.4, -0.2) is 90.1 Å². The fourth-order valence-corrected chi connectivity index (χ4v) is 9.61. The van der Waals surface area contributed by atoms with E-state index < -0.39 is 0 Å². The molecule has 0 spiro atoms. The van der Waals surface area contributed by atoms with Gasteiger partial charge in [0.2, 0.25) is 0 Å². The lowest BCUT2D eigenvalue weighted by Crippen LogP contribution is -2.58. The van der Waals surface area contributed by atoms with Crippen LogP contribution in [0.3, 0.4) is 0 Å². The van der Waals surface area contributed by atoms with E-state index in [-0.39, 0.29) is 0 Å². The van der Waals surface area contributed by atoms with Gasteiger partial charge in [-0.25, -0.2) is 4.99 Å². The molecule has 0 fully saturated rings. The topological polar surface area (TPSA) is 63.9 Å². The number of rotatable bonds is 5. The molecule has 9 rings (SSSR count). The van der Waals surface area contributed by atoms with E-state index in [0.717, 1.165) is 60.7 Å². The molecule has 1 aromatic heterocycles. The van der Waals surface area contributed by atoms with Gasteiger partial charge < -0.3 is 10.2 Å². The zero-order chi connectivity index (χ0) is 41.4. The number of nitrogens with two attached hydrogens (primary N) is 1. The van der Waals surface area contributed by atoms with E-state index in [9.17, 15) is 0 Å². The quantitative estimate of drug-likeness (QED) is 0.0826. The number of amidine groups is 2. The number of aliphatic imine (C=N–C) groups is 2. The summed E-state index contributed by atoms with van der Waals surface area (Å²) in [5.41, 5.74) is 26.5. The molecule has 0 unspecified atom stereocenters. The third-order valence-electron chi connectivity index (χ3n) is 13.8. The predicted molar refractivity (Wildman–Crippen MR) is 287 cm³/mol. The maximum Gasteiger partial charge on any atom is 0.156 e. The monoisotopic (exact) mass is 749 g/mol. The lowest BCUT2D eigenvalue weighted by Gasteiger charge is -2.22. The minimum Gasteiger partial charge on any atom is -0.456 e. The fourth-order valence-electron chi connectivity index (χ4n) is 9.61. The first-order valence-corrected chi connectivity index (χ1v) is 20.7. The van der Waals surface area contributed by atoms with Crippen LogP contribution in [-0.2, 0) is 6.54 Å². The molecule has 0 aliphatic heterocycles. The van der Waals surface area contributed by atoms with E-state index in [2.05, 4.69) is 182 Å². The summed E-state index contributed by atoms with van der Waals surface area (Å²) in [6.45, 7) is 0.398. The van der Waals surface area contributed by atoms with Crippen LogP contribution in [0, 0.1) is 0 Å². The summed E-state index contributed by atoms with van der Waals surface area (Å²) in [4.78, 5) is 10.7. The van der Waals surface area contributed by atoms with Crippen LogP contribution in [0.1, 0.15) is 16.7 Å². The average Bonchev–Trinajstić information content (AvgIpc) is 3.65. The van der Waals surface area contributed by atoms with Crippen LogP contribution >= 0.6 is 0 Å². The van der Waals surface area contributed by atoms with Gasteiger partial charge in [0.25, 0.3) is 0 Å². The van der Waals surface area contributed by atoms with Crippen molar-refractivity contribution in [2.24, 2.45) is 15.7 Å². The molecule has 14 heteroatoms. The lowest BCUT2D eigenvalue weighted by molar-refractivity contribution is 0.668. The predicted octanol–water partition coefficient (Wildman–Crippen LogP) is -6.35. The summed E-state index contributed by atoms with van der Waals surface area (Å²) in [6, 6.07) is 37.1. The first kappa shape index (κ1) is 38.6. The third kappa shape index (κ3) is 6.13. The van der Waals surface area contributed by atoms with Crippen molar-refractivity contribution in [1.82, 2.24) is 0 Å². The Bertz CT molecular complexity index is 3250. The summed E-state index contributed by atoms with van der Waals surface area (Å²) >= 11 is 0. The summed E-state index contributed by atoms with van der Waals surface area (Å²) in [5, 5.41) is 9.72. The van der Waals surface area contributed by atoms with Crippen LogP contribution in [0.2, 0.25) is 0 Å².